The Morgan fingerprint density at radius 1 is 1.20 bits per heavy atom. The standard InChI is InChI=1S/C14H11Cl2FN2O/c15-8-1-4-14(20)10(5-8)13(7-18)19-9-2-3-12(17)11(16)6-9/h1-7,13,18-20H. The number of nitrogens with one attached hydrogen (secondary N) is 2. The fourth-order valence-corrected chi connectivity index (χ4v) is 2.11. The van der Waals surface area contributed by atoms with E-state index < -0.39 is 11.9 Å². The number of halogens is 3. The van der Waals surface area contributed by atoms with Crippen LogP contribution in [-0.2, 0) is 0 Å². The normalized spacial score (nSPS) is 11.9. The Labute approximate surface area is 125 Å². The summed E-state index contributed by atoms with van der Waals surface area (Å²) < 4.78 is 13.1. The van der Waals surface area contributed by atoms with Crippen molar-refractivity contribution in [2.45, 2.75) is 6.04 Å². The third-order valence-corrected chi connectivity index (χ3v) is 3.26. The highest BCUT2D eigenvalue weighted by atomic mass is 35.5. The number of rotatable bonds is 4. The molecule has 0 aliphatic heterocycles. The third-order valence-electron chi connectivity index (χ3n) is 2.73. The van der Waals surface area contributed by atoms with Gasteiger partial charge in [-0.1, -0.05) is 23.2 Å². The Hall–Kier alpha value is -1.78. The van der Waals surface area contributed by atoms with Gasteiger partial charge in [0.1, 0.15) is 11.6 Å². The van der Waals surface area contributed by atoms with Gasteiger partial charge in [0.25, 0.3) is 0 Å². The van der Waals surface area contributed by atoms with Crippen molar-refractivity contribution >= 4 is 35.1 Å². The van der Waals surface area contributed by atoms with Crippen molar-refractivity contribution in [2.24, 2.45) is 0 Å². The predicted octanol–water partition coefficient (Wildman–Crippen LogP) is 4.64. The monoisotopic (exact) mass is 312 g/mol. The molecule has 1 unspecified atom stereocenters. The van der Waals surface area contributed by atoms with Gasteiger partial charge in [-0.05, 0) is 36.4 Å². The lowest BCUT2D eigenvalue weighted by atomic mass is 10.1. The minimum absolute atomic E-state index is 0.0172. The van der Waals surface area contributed by atoms with Crippen molar-refractivity contribution < 1.29 is 9.50 Å². The van der Waals surface area contributed by atoms with Gasteiger partial charge in [0.05, 0.1) is 11.1 Å². The number of benzene rings is 2. The zero-order valence-corrected chi connectivity index (χ0v) is 11.7. The molecule has 0 aliphatic carbocycles. The number of anilines is 1. The molecule has 6 heteroatoms. The first-order valence-electron chi connectivity index (χ1n) is 5.72. The molecule has 0 heterocycles. The van der Waals surface area contributed by atoms with Crippen molar-refractivity contribution in [1.29, 1.82) is 5.41 Å². The van der Waals surface area contributed by atoms with Crippen LogP contribution in [0.1, 0.15) is 11.6 Å². The third kappa shape index (κ3) is 3.21. The summed E-state index contributed by atoms with van der Waals surface area (Å²) >= 11 is 11.6. The minimum atomic E-state index is -0.602. The van der Waals surface area contributed by atoms with Gasteiger partial charge >= 0.3 is 0 Å². The van der Waals surface area contributed by atoms with Crippen LogP contribution in [0.25, 0.3) is 0 Å². The molecule has 0 saturated heterocycles. The quantitative estimate of drug-likeness (QED) is 0.720. The van der Waals surface area contributed by atoms with Crippen LogP contribution in [0.2, 0.25) is 10.0 Å². The molecular weight excluding hydrogens is 302 g/mol. The van der Waals surface area contributed by atoms with Gasteiger partial charge in [-0.15, -0.1) is 0 Å². The highest BCUT2D eigenvalue weighted by Crippen LogP contribution is 2.29. The van der Waals surface area contributed by atoms with E-state index >= 15 is 0 Å². The number of aromatic hydroxyl groups is 1. The lowest BCUT2D eigenvalue weighted by Gasteiger charge is -2.17. The maximum atomic E-state index is 13.1. The molecule has 104 valence electrons. The molecule has 1 atom stereocenters. The van der Waals surface area contributed by atoms with Gasteiger partial charge < -0.3 is 15.8 Å². The van der Waals surface area contributed by atoms with E-state index in [1.807, 2.05) is 0 Å². The largest absolute Gasteiger partial charge is 0.508 e. The van der Waals surface area contributed by atoms with E-state index in [0.717, 1.165) is 6.21 Å². The summed E-state index contributed by atoms with van der Waals surface area (Å²) in [6.07, 6.45) is 1.11. The summed E-state index contributed by atoms with van der Waals surface area (Å²) in [5.41, 5.74) is 0.984. The highest BCUT2D eigenvalue weighted by Gasteiger charge is 2.14. The Balaban J connectivity index is 2.31. The number of hydrogen-bond donors (Lipinski definition) is 3. The molecule has 2 rings (SSSR count). The average Bonchev–Trinajstić information content (AvgIpc) is 2.43. The number of phenols is 1. The maximum absolute atomic E-state index is 13.1. The van der Waals surface area contributed by atoms with E-state index in [-0.39, 0.29) is 10.8 Å². The number of phenolic OH excluding ortho intramolecular Hbond substituents is 1. The van der Waals surface area contributed by atoms with Crippen LogP contribution in [0, 0.1) is 11.2 Å². The van der Waals surface area contributed by atoms with Gasteiger partial charge in [-0.2, -0.15) is 0 Å². The summed E-state index contributed by atoms with van der Waals surface area (Å²) in [6.45, 7) is 0. The summed E-state index contributed by atoms with van der Waals surface area (Å²) in [4.78, 5) is 0. The summed E-state index contributed by atoms with van der Waals surface area (Å²) in [5, 5.41) is 20.7. The first-order chi connectivity index (χ1) is 9.51. The van der Waals surface area contributed by atoms with E-state index in [9.17, 15) is 9.50 Å². The molecule has 2 aromatic rings. The molecule has 3 nitrogen and oxygen atoms in total. The molecule has 2 aromatic carbocycles. The van der Waals surface area contributed by atoms with E-state index in [1.165, 1.54) is 24.3 Å². The minimum Gasteiger partial charge on any atom is -0.508 e. The van der Waals surface area contributed by atoms with Crippen LogP contribution in [0.15, 0.2) is 36.4 Å². The Morgan fingerprint density at radius 3 is 2.60 bits per heavy atom. The van der Waals surface area contributed by atoms with Gasteiger partial charge in [0.2, 0.25) is 0 Å². The van der Waals surface area contributed by atoms with Gasteiger partial charge in [0, 0.05) is 22.5 Å². The lowest BCUT2D eigenvalue weighted by Crippen LogP contribution is -2.12. The second kappa shape index (κ2) is 6.11. The zero-order chi connectivity index (χ0) is 14.7. The van der Waals surface area contributed by atoms with Gasteiger partial charge in [-0.3, -0.25) is 0 Å². The Morgan fingerprint density at radius 2 is 1.95 bits per heavy atom. The van der Waals surface area contributed by atoms with Crippen LogP contribution in [0.5, 0.6) is 5.75 Å². The molecule has 0 saturated carbocycles. The van der Waals surface area contributed by atoms with E-state index in [0.29, 0.717) is 16.3 Å². The lowest BCUT2D eigenvalue weighted by molar-refractivity contribution is 0.468. The molecule has 0 radical (unpaired) electrons. The first kappa shape index (κ1) is 14.6. The van der Waals surface area contributed by atoms with Crippen LogP contribution >= 0.6 is 23.2 Å². The van der Waals surface area contributed by atoms with E-state index in [2.05, 4.69) is 5.32 Å². The summed E-state index contributed by atoms with van der Waals surface area (Å²) in [5.74, 6) is -0.502. The molecule has 0 aromatic heterocycles. The van der Waals surface area contributed by atoms with Crippen molar-refractivity contribution in [3.8, 4) is 5.75 Å². The van der Waals surface area contributed by atoms with Crippen LogP contribution in [0.4, 0.5) is 10.1 Å². The van der Waals surface area contributed by atoms with Crippen LogP contribution in [0.3, 0.4) is 0 Å². The smallest absolute Gasteiger partial charge is 0.141 e. The Kier molecular flexibility index (Phi) is 4.47. The first-order valence-corrected chi connectivity index (χ1v) is 6.47. The molecule has 0 aliphatic rings. The molecule has 0 amide bonds. The summed E-state index contributed by atoms with van der Waals surface area (Å²) in [7, 11) is 0. The Bertz CT molecular complexity index is 649. The molecular formula is C14H11Cl2FN2O. The highest BCUT2D eigenvalue weighted by molar-refractivity contribution is 6.31. The van der Waals surface area contributed by atoms with Crippen molar-refractivity contribution in [3.63, 3.8) is 0 Å². The van der Waals surface area contributed by atoms with Crippen LogP contribution < -0.4 is 5.32 Å². The fraction of sp³-hybridized carbons (Fsp3) is 0.0714. The number of hydrogen-bond acceptors (Lipinski definition) is 3. The second-order valence-corrected chi connectivity index (χ2v) is 4.96. The second-order valence-electron chi connectivity index (χ2n) is 4.12. The average molecular weight is 313 g/mol. The topological polar surface area (TPSA) is 56.1 Å². The molecule has 0 spiro atoms. The zero-order valence-electron chi connectivity index (χ0n) is 10.2. The summed E-state index contributed by atoms with van der Waals surface area (Å²) in [6, 6.07) is 8.10. The SMILES string of the molecule is N=CC(Nc1ccc(F)c(Cl)c1)c1cc(Cl)ccc1O. The maximum Gasteiger partial charge on any atom is 0.141 e. The van der Waals surface area contributed by atoms with E-state index in [4.69, 9.17) is 28.6 Å². The molecule has 0 fully saturated rings. The van der Waals surface area contributed by atoms with Crippen molar-refractivity contribution in [3.05, 3.63) is 57.8 Å². The molecule has 20 heavy (non-hydrogen) atoms. The molecule has 0 bridgehead atoms. The molecule has 3 N–H and O–H groups in total. The van der Waals surface area contributed by atoms with Gasteiger partial charge in [-0.25, -0.2) is 4.39 Å². The van der Waals surface area contributed by atoms with Crippen molar-refractivity contribution in [1.82, 2.24) is 0 Å². The van der Waals surface area contributed by atoms with Gasteiger partial charge in [0.15, 0.2) is 0 Å². The predicted molar refractivity (Wildman–Crippen MR) is 79.7 cm³/mol. The van der Waals surface area contributed by atoms with Crippen molar-refractivity contribution in [2.75, 3.05) is 5.32 Å². The fourth-order valence-electron chi connectivity index (χ4n) is 1.75. The van der Waals surface area contributed by atoms with Crippen LogP contribution in [-0.4, -0.2) is 11.3 Å². The van der Waals surface area contributed by atoms with E-state index in [1.54, 1.807) is 12.1 Å².